The zero-order valence-electron chi connectivity index (χ0n) is 11.3. The third kappa shape index (κ3) is 3.44. The van der Waals surface area contributed by atoms with Gasteiger partial charge in [0.2, 0.25) is 0 Å². The third-order valence-electron chi connectivity index (χ3n) is 2.87. The monoisotopic (exact) mass is 254 g/mol. The maximum Gasteiger partial charge on any atom is 0.193 e. The lowest BCUT2D eigenvalue weighted by atomic mass is 10.0. The highest BCUT2D eigenvalue weighted by Crippen LogP contribution is 2.16. The summed E-state index contributed by atoms with van der Waals surface area (Å²) in [6.45, 7) is 4.75. The summed E-state index contributed by atoms with van der Waals surface area (Å²) in [6.07, 6.45) is 0.976. The largest absolute Gasteiger partial charge is 0.494 e. The molecule has 0 saturated heterocycles. The van der Waals surface area contributed by atoms with E-state index in [1.807, 2.05) is 55.5 Å². The van der Waals surface area contributed by atoms with E-state index in [0.717, 1.165) is 23.3 Å². The molecule has 0 aliphatic rings. The number of benzene rings is 2. The van der Waals surface area contributed by atoms with E-state index in [9.17, 15) is 4.79 Å². The molecule has 0 saturated carbocycles. The summed E-state index contributed by atoms with van der Waals surface area (Å²) in [5, 5.41) is 0. The topological polar surface area (TPSA) is 26.3 Å². The van der Waals surface area contributed by atoms with Crippen LogP contribution in [0.2, 0.25) is 0 Å². The predicted molar refractivity (Wildman–Crippen MR) is 76.8 cm³/mol. The molecule has 2 aromatic rings. The number of ether oxygens (including phenoxy) is 1. The molecule has 0 aromatic heterocycles. The van der Waals surface area contributed by atoms with Crippen molar-refractivity contribution in [2.24, 2.45) is 0 Å². The number of rotatable bonds is 5. The molecule has 0 aliphatic carbocycles. The maximum absolute atomic E-state index is 12.3. The van der Waals surface area contributed by atoms with Gasteiger partial charge in [-0.05, 0) is 43.7 Å². The molecule has 98 valence electrons. The normalized spacial score (nSPS) is 10.2. The molecule has 0 bridgehead atoms. The van der Waals surface area contributed by atoms with Crippen molar-refractivity contribution in [1.29, 1.82) is 0 Å². The predicted octanol–water partition coefficient (Wildman–Crippen LogP) is 4.01. The average Bonchev–Trinajstić information content (AvgIpc) is 2.45. The maximum atomic E-state index is 12.3. The van der Waals surface area contributed by atoms with Crippen molar-refractivity contribution in [3.05, 3.63) is 65.2 Å². The van der Waals surface area contributed by atoms with Crippen LogP contribution in [0.1, 0.15) is 34.8 Å². The van der Waals surface area contributed by atoms with E-state index in [1.54, 1.807) is 0 Å². The van der Waals surface area contributed by atoms with Gasteiger partial charge < -0.3 is 4.74 Å². The number of carbonyl (C=O) groups excluding carboxylic acids is 1. The van der Waals surface area contributed by atoms with Gasteiger partial charge in [-0.25, -0.2) is 0 Å². The molecule has 2 aromatic carbocycles. The van der Waals surface area contributed by atoms with Crippen LogP contribution < -0.4 is 4.74 Å². The van der Waals surface area contributed by atoms with Crippen LogP contribution in [0.15, 0.2) is 48.5 Å². The summed E-state index contributed by atoms with van der Waals surface area (Å²) in [7, 11) is 0. The Hall–Kier alpha value is -2.09. The van der Waals surface area contributed by atoms with Crippen molar-refractivity contribution in [2.75, 3.05) is 6.61 Å². The number of ketones is 1. The van der Waals surface area contributed by atoms with Crippen LogP contribution in [0.25, 0.3) is 0 Å². The van der Waals surface area contributed by atoms with Crippen LogP contribution >= 0.6 is 0 Å². The highest BCUT2D eigenvalue weighted by Gasteiger charge is 2.08. The van der Waals surface area contributed by atoms with E-state index in [4.69, 9.17) is 4.74 Å². The summed E-state index contributed by atoms with van der Waals surface area (Å²) >= 11 is 0. The Morgan fingerprint density at radius 1 is 1.05 bits per heavy atom. The first kappa shape index (κ1) is 13.3. The average molecular weight is 254 g/mol. The van der Waals surface area contributed by atoms with Crippen LogP contribution in [0, 0.1) is 6.92 Å². The Labute approximate surface area is 114 Å². The molecular weight excluding hydrogens is 236 g/mol. The van der Waals surface area contributed by atoms with E-state index in [-0.39, 0.29) is 5.78 Å². The summed E-state index contributed by atoms with van der Waals surface area (Å²) in [6, 6.07) is 15.0. The lowest BCUT2D eigenvalue weighted by Crippen LogP contribution is -2.02. The van der Waals surface area contributed by atoms with Gasteiger partial charge in [0.25, 0.3) is 0 Å². The van der Waals surface area contributed by atoms with Gasteiger partial charge in [-0.2, -0.15) is 0 Å². The molecular formula is C17H18O2. The molecule has 2 nitrogen and oxygen atoms in total. The summed E-state index contributed by atoms with van der Waals surface area (Å²) in [5.41, 5.74) is 2.51. The minimum Gasteiger partial charge on any atom is -0.494 e. The quantitative estimate of drug-likeness (QED) is 0.753. The number of hydrogen-bond acceptors (Lipinski definition) is 2. The molecule has 0 aliphatic heterocycles. The van der Waals surface area contributed by atoms with Crippen LogP contribution in [0.5, 0.6) is 5.75 Å². The number of hydrogen-bond donors (Lipinski definition) is 0. The molecule has 2 rings (SSSR count). The van der Waals surface area contributed by atoms with E-state index in [2.05, 4.69) is 6.92 Å². The zero-order chi connectivity index (χ0) is 13.7. The van der Waals surface area contributed by atoms with Crippen LogP contribution in [-0.4, -0.2) is 12.4 Å². The second kappa shape index (κ2) is 6.19. The Bertz CT molecular complexity index is 556. The summed E-state index contributed by atoms with van der Waals surface area (Å²) in [4.78, 5) is 12.3. The van der Waals surface area contributed by atoms with Gasteiger partial charge in [-0.15, -0.1) is 0 Å². The van der Waals surface area contributed by atoms with Crippen molar-refractivity contribution >= 4 is 5.78 Å². The lowest BCUT2D eigenvalue weighted by molar-refractivity contribution is 0.103. The fourth-order valence-electron chi connectivity index (χ4n) is 1.88. The first-order valence-electron chi connectivity index (χ1n) is 6.55. The van der Waals surface area contributed by atoms with E-state index >= 15 is 0 Å². The van der Waals surface area contributed by atoms with Gasteiger partial charge in [0.05, 0.1) is 6.61 Å². The highest BCUT2D eigenvalue weighted by molar-refractivity contribution is 6.09. The van der Waals surface area contributed by atoms with Crippen molar-refractivity contribution in [3.8, 4) is 5.75 Å². The van der Waals surface area contributed by atoms with Crippen molar-refractivity contribution in [2.45, 2.75) is 20.3 Å². The third-order valence-corrected chi connectivity index (χ3v) is 2.87. The van der Waals surface area contributed by atoms with Crippen molar-refractivity contribution < 1.29 is 9.53 Å². The Morgan fingerprint density at radius 2 is 1.79 bits per heavy atom. The minimum atomic E-state index is 0.0470. The van der Waals surface area contributed by atoms with Crippen LogP contribution in [0.3, 0.4) is 0 Å². The molecule has 0 unspecified atom stereocenters. The highest BCUT2D eigenvalue weighted by atomic mass is 16.5. The van der Waals surface area contributed by atoms with Crippen molar-refractivity contribution in [1.82, 2.24) is 0 Å². The van der Waals surface area contributed by atoms with Crippen LogP contribution in [0.4, 0.5) is 0 Å². The Balaban J connectivity index is 2.15. The van der Waals surface area contributed by atoms with Gasteiger partial charge in [0, 0.05) is 11.1 Å². The second-order valence-electron chi connectivity index (χ2n) is 4.57. The SMILES string of the molecule is CCCOc1ccc(C(=O)c2cccc(C)c2)cc1. The fourth-order valence-corrected chi connectivity index (χ4v) is 1.88. The smallest absolute Gasteiger partial charge is 0.193 e. The Kier molecular flexibility index (Phi) is 4.35. The number of aryl methyl sites for hydroxylation is 1. The standard InChI is InChI=1S/C17H18O2/c1-3-11-19-16-9-7-14(8-10-16)17(18)15-6-4-5-13(2)12-15/h4-10,12H,3,11H2,1-2H3. The summed E-state index contributed by atoms with van der Waals surface area (Å²) in [5.74, 6) is 0.855. The van der Waals surface area contributed by atoms with Crippen molar-refractivity contribution in [3.63, 3.8) is 0 Å². The first-order valence-corrected chi connectivity index (χ1v) is 6.55. The molecule has 0 fully saturated rings. The molecule has 2 heteroatoms. The Morgan fingerprint density at radius 3 is 2.42 bits per heavy atom. The molecule has 0 spiro atoms. The van der Waals surface area contributed by atoms with Gasteiger partial charge in [-0.3, -0.25) is 4.79 Å². The van der Waals surface area contributed by atoms with Gasteiger partial charge in [0.15, 0.2) is 5.78 Å². The van der Waals surface area contributed by atoms with Crippen LogP contribution in [-0.2, 0) is 0 Å². The first-order chi connectivity index (χ1) is 9.20. The van der Waals surface area contributed by atoms with Gasteiger partial charge >= 0.3 is 0 Å². The molecule has 19 heavy (non-hydrogen) atoms. The van der Waals surface area contributed by atoms with Gasteiger partial charge in [0.1, 0.15) is 5.75 Å². The lowest BCUT2D eigenvalue weighted by Gasteiger charge is -2.06. The van der Waals surface area contributed by atoms with E-state index in [1.165, 1.54) is 0 Å². The van der Waals surface area contributed by atoms with E-state index < -0.39 is 0 Å². The van der Waals surface area contributed by atoms with Gasteiger partial charge in [-0.1, -0.05) is 30.7 Å². The molecule has 0 amide bonds. The molecule has 0 atom stereocenters. The molecule has 0 heterocycles. The second-order valence-corrected chi connectivity index (χ2v) is 4.57. The summed E-state index contributed by atoms with van der Waals surface area (Å²) < 4.78 is 5.50. The fraction of sp³-hybridized carbons (Fsp3) is 0.235. The number of carbonyl (C=O) groups is 1. The molecule has 0 N–H and O–H groups in total. The minimum absolute atomic E-state index is 0.0470. The van der Waals surface area contributed by atoms with E-state index in [0.29, 0.717) is 12.2 Å². The molecule has 0 radical (unpaired) electrons. The zero-order valence-corrected chi connectivity index (χ0v) is 11.3.